The van der Waals surface area contributed by atoms with Crippen LogP contribution in [0.3, 0.4) is 0 Å². The number of amides is 2. The van der Waals surface area contributed by atoms with Gasteiger partial charge in [-0.05, 0) is 33.2 Å². The maximum Gasteiger partial charge on any atom is 0.315 e. The van der Waals surface area contributed by atoms with Crippen molar-refractivity contribution in [2.45, 2.75) is 52.0 Å². The minimum atomic E-state index is -0.0756. The van der Waals surface area contributed by atoms with Gasteiger partial charge in [0.25, 0.3) is 0 Å². The second-order valence-corrected chi connectivity index (χ2v) is 5.25. The summed E-state index contributed by atoms with van der Waals surface area (Å²) >= 11 is 0. The monoisotopic (exact) mass is 227 g/mol. The Kier molecular flexibility index (Phi) is 5.06. The van der Waals surface area contributed by atoms with Crippen LogP contribution >= 0.6 is 0 Å². The number of hydrogen-bond donors (Lipinski definition) is 3. The van der Waals surface area contributed by atoms with Crippen LogP contribution in [0, 0.1) is 5.41 Å². The summed E-state index contributed by atoms with van der Waals surface area (Å²) in [6, 6.07) is 0.105. The van der Waals surface area contributed by atoms with E-state index >= 15 is 0 Å². The molecule has 0 aliphatic heterocycles. The molecule has 0 heterocycles. The summed E-state index contributed by atoms with van der Waals surface area (Å²) in [6.45, 7) is 5.30. The molecule has 1 aliphatic rings. The predicted molar refractivity (Wildman–Crippen MR) is 66.2 cm³/mol. The number of nitrogens with two attached hydrogens (primary N) is 1. The zero-order valence-electron chi connectivity index (χ0n) is 10.5. The highest BCUT2D eigenvalue weighted by Crippen LogP contribution is 2.34. The lowest BCUT2D eigenvalue weighted by atomic mass is 9.74. The third-order valence-corrected chi connectivity index (χ3v) is 3.39. The Balaban J connectivity index is 2.35. The third-order valence-electron chi connectivity index (χ3n) is 3.39. The van der Waals surface area contributed by atoms with Crippen LogP contribution in [0.2, 0.25) is 0 Å². The highest BCUT2D eigenvalue weighted by atomic mass is 16.2. The van der Waals surface area contributed by atoms with Gasteiger partial charge in [-0.1, -0.05) is 19.3 Å². The maximum atomic E-state index is 11.5. The number of nitrogens with one attached hydrogen (secondary N) is 2. The quantitative estimate of drug-likeness (QED) is 0.683. The van der Waals surface area contributed by atoms with E-state index < -0.39 is 0 Å². The number of urea groups is 1. The van der Waals surface area contributed by atoms with Crippen molar-refractivity contribution in [2.75, 3.05) is 13.1 Å². The first-order valence-electron chi connectivity index (χ1n) is 6.32. The molecule has 94 valence electrons. The molecule has 2 amide bonds. The van der Waals surface area contributed by atoms with E-state index in [9.17, 15) is 4.79 Å². The Labute approximate surface area is 98.3 Å². The van der Waals surface area contributed by atoms with E-state index in [0.717, 1.165) is 12.8 Å². The zero-order valence-corrected chi connectivity index (χ0v) is 10.5. The summed E-state index contributed by atoms with van der Waals surface area (Å²) in [5, 5.41) is 5.78. The summed E-state index contributed by atoms with van der Waals surface area (Å²) in [5.41, 5.74) is 6.00. The molecule has 4 N–H and O–H groups in total. The molecular formula is C12H25N3O. The fourth-order valence-corrected chi connectivity index (χ4v) is 2.34. The van der Waals surface area contributed by atoms with Gasteiger partial charge in [0, 0.05) is 18.0 Å². The largest absolute Gasteiger partial charge is 0.338 e. The van der Waals surface area contributed by atoms with E-state index in [2.05, 4.69) is 10.6 Å². The van der Waals surface area contributed by atoms with E-state index in [0.29, 0.717) is 13.1 Å². The van der Waals surface area contributed by atoms with Crippen molar-refractivity contribution < 1.29 is 4.79 Å². The van der Waals surface area contributed by atoms with Gasteiger partial charge in [0.05, 0.1) is 0 Å². The molecule has 0 unspecified atom stereocenters. The molecule has 0 aromatic carbocycles. The minimum absolute atomic E-state index is 0.0756. The Bertz CT molecular complexity index is 222. The van der Waals surface area contributed by atoms with Crippen LogP contribution in [0.25, 0.3) is 0 Å². The highest BCUT2D eigenvalue weighted by Gasteiger charge is 2.30. The molecule has 0 spiro atoms. The standard InChI is InChI=1S/C12H25N3O/c1-10(2)15-11(16)14-9-12(8-13)6-4-3-5-7-12/h10H,3-9,13H2,1-2H3,(H2,14,15,16). The van der Waals surface area contributed by atoms with E-state index in [-0.39, 0.29) is 17.5 Å². The van der Waals surface area contributed by atoms with Crippen LogP contribution in [-0.4, -0.2) is 25.2 Å². The smallest absolute Gasteiger partial charge is 0.315 e. The van der Waals surface area contributed by atoms with Crippen LogP contribution in [0.5, 0.6) is 0 Å². The SMILES string of the molecule is CC(C)NC(=O)NCC1(CN)CCCCC1. The summed E-state index contributed by atoms with van der Waals surface area (Å²) in [4.78, 5) is 11.5. The van der Waals surface area contributed by atoms with Crippen molar-refractivity contribution in [2.24, 2.45) is 11.1 Å². The van der Waals surface area contributed by atoms with Gasteiger partial charge in [0.1, 0.15) is 0 Å². The molecule has 16 heavy (non-hydrogen) atoms. The predicted octanol–water partition coefficient (Wildman–Crippen LogP) is 1.60. The molecular weight excluding hydrogens is 202 g/mol. The van der Waals surface area contributed by atoms with Crippen LogP contribution < -0.4 is 16.4 Å². The molecule has 0 radical (unpaired) electrons. The van der Waals surface area contributed by atoms with Gasteiger partial charge in [-0.25, -0.2) is 4.79 Å². The number of carbonyl (C=O) groups excluding carboxylic acids is 1. The van der Waals surface area contributed by atoms with Gasteiger partial charge in [0.2, 0.25) is 0 Å². The average molecular weight is 227 g/mol. The molecule has 1 saturated carbocycles. The van der Waals surface area contributed by atoms with E-state index in [1.54, 1.807) is 0 Å². The highest BCUT2D eigenvalue weighted by molar-refractivity contribution is 5.74. The van der Waals surface area contributed by atoms with Crippen molar-refractivity contribution >= 4 is 6.03 Å². The van der Waals surface area contributed by atoms with E-state index in [1.807, 2.05) is 13.8 Å². The number of carbonyl (C=O) groups is 1. The first kappa shape index (κ1) is 13.3. The summed E-state index contributed by atoms with van der Waals surface area (Å²) in [5.74, 6) is 0. The first-order valence-corrected chi connectivity index (χ1v) is 6.32. The molecule has 4 heteroatoms. The van der Waals surface area contributed by atoms with Crippen LogP contribution in [0.15, 0.2) is 0 Å². The van der Waals surface area contributed by atoms with Gasteiger partial charge in [-0.3, -0.25) is 0 Å². The number of hydrogen-bond acceptors (Lipinski definition) is 2. The fraction of sp³-hybridized carbons (Fsp3) is 0.917. The lowest BCUT2D eigenvalue weighted by Crippen LogP contribution is -2.47. The van der Waals surface area contributed by atoms with Crippen molar-refractivity contribution in [1.82, 2.24) is 10.6 Å². The summed E-state index contributed by atoms with van der Waals surface area (Å²) in [7, 11) is 0. The average Bonchev–Trinajstić information content (AvgIpc) is 2.27. The summed E-state index contributed by atoms with van der Waals surface area (Å²) < 4.78 is 0. The topological polar surface area (TPSA) is 67.2 Å². The van der Waals surface area contributed by atoms with E-state index in [4.69, 9.17) is 5.73 Å². The second-order valence-electron chi connectivity index (χ2n) is 5.25. The molecule has 1 fully saturated rings. The van der Waals surface area contributed by atoms with Gasteiger partial charge < -0.3 is 16.4 Å². The normalized spacial score (nSPS) is 19.5. The van der Waals surface area contributed by atoms with Crippen molar-refractivity contribution in [3.05, 3.63) is 0 Å². The molecule has 1 aliphatic carbocycles. The second kappa shape index (κ2) is 6.09. The molecule has 0 atom stereocenters. The van der Waals surface area contributed by atoms with Crippen molar-refractivity contribution in [1.29, 1.82) is 0 Å². The van der Waals surface area contributed by atoms with Gasteiger partial charge in [-0.2, -0.15) is 0 Å². The van der Waals surface area contributed by atoms with Gasteiger partial charge in [0.15, 0.2) is 0 Å². The van der Waals surface area contributed by atoms with Gasteiger partial charge in [-0.15, -0.1) is 0 Å². The Morgan fingerprint density at radius 3 is 2.44 bits per heavy atom. The third kappa shape index (κ3) is 4.00. The lowest BCUT2D eigenvalue weighted by Gasteiger charge is -2.36. The van der Waals surface area contributed by atoms with Crippen LogP contribution in [-0.2, 0) is 0 Å². The molecule has 0 bridgehead atoms. The Hall–Kier alpha value is -0.770. The van der Waals surface area contributed by atoms with Crippen LogP contribution in [0.1, 0.15) is 46.0 Å². The zero-order chi connectivity index (χ0) is 12.0. The molecule has 4 nitrogen and oxygen atoms in total. The maximum absolute atomic E-state index is 11.5. The Morgan fingerprint density at radius 1 is 1.31 bits per heavy atom. The molecule has 0 aromatic heterocycles. The Morgan fingerprint density at radius 2 is 1.94 bits per heavy atom. The fourth-order valence-electron chi connectivity index (χ4n) is 2.34. The van der Waals surface area contributed by atoms with Gasteiger partial charge >= 0.3 is 6.03 Å². The molecule has 0 aromatic rings. The minimum Gasteiger partial charge on any atom is -0.338 e. The van der Waals surface area contributed by atoms with Crippen molar-refractivity contribution in [3.8, 4) is 0 Å². The molecule has 1 rings (SSSR count). The van der Waals surface area contributed by atoms with E-state index in [1.165, 1.54) is 19.3 Å². The molecule has 0 saturated heterocycles. The lowest BCUT2D eigenvalue weighted by molar-refractivity contribution is 0.186. The number of rotatable bonds is 4. The first-order chi connectivity index (χ1) is 7.58. The van der Waals surface area contributed by atoms with Crippen LogP contribution in [0.4, 0.5) is 4.79 Å². The summed E-state index contributed by atoms with van der Waals surface area (Å²) in [6.07, 6.45) is 6.08. The van der Waals surface area contributed by atoms with Crippen molar-refractivity contribution in [3.63, 3.8) is 0 Å².